The highest BCUT2D eigenvalue weighted by Gasteiger charge is 2.14. The lowest BCUT2D eigenvalue weighted by atomic mass is 9.88. The first-order valence-corrected chi connectivity index (χ1v) is 5.97. The molecule has 1 rings (SSSR count). The lowest BCUT2D eigenvalue weighted by molar-refractivity contribution is 0.585. The minimum atomic E-state index is 0.417. The molecule has 0 radical (unpaired) electrons. The number of rotatable bonds is 4. The van der Waals surface area contributed by atoms with Crippen molar-refractivity contribution in [1.82, 2.24) is 0 Å². The zero-order chi connectivity index (χ0) is 11.4. The van der Waals surface area contributed by atoms with E-state index in [-0.39, 0.29) is 0 Å². The molecule has 0 amide bonds. The average Bonchev–Trinajstić information content (AvgIpc) is 2.27. The first-order valence-electron chi connectivity index (χ1n) is 5.52. The van der Waals surface area contributed by atoms with Crippen LogP contribution in [0.4, 0.5) is 0 Å². The Balaban J connectivity index is 2.82. The number of aryl methyl sites for hydroxylation is 1. The van der Waals surface area contributed by atoms with Crippen molar-refractivity contribution in [2.45, 2.75) is 33.1 Å². The fourth-order valence-corrected chi connectivity index (χ4v) is 1.86. The zero-order valence-corrected chi connectivity index (χ0v) is 10.7. The monoisotopic (exact) mass is 220 g/mol. The molecular weight excluding hydrogens is 200 g/mol. The summed E-state index contributed by atoms with van der Waals surface area (Å²) in [5.41, 5.74) is 2.76. The second-order valence-electron chi connectivity index (χ2n) is 4.16. The first-order chi connectivity index (χ1) is 7.06. The van der Waals surface area contributed by atoms with Crippen LogP contribution in [0.2, 0.25) is 0 Å². The first kappa shape index (κ1) is 12.4. The predicted molar refractivity (Wildman–Crippen MR) is 71.5 cm³/mol. The molecule has 0 fully saturated rings. The van der Waals surface area contributed by atoms with Crippen LogP contribution in [-0.4, -0.2) is 0 Å². The van der Waals surface area contributed by atoms with Crippen molar-refractivity contribution in [2.75, 3.05) is 0 Å². The number of benzene rings is 1. The van der Waals surface area contributed by atoms with Gasteiger partial charge in [-0.1, -0.05) is 51.6 Å². The van der Waals surface area contributed by atoms with E-state index in [1.54, 1.807) is 0 Å². The summed E-state index contributed by atoms with van der Waals surface area (Å²) in [6.07, 6.45) is 1.10. The Morgan fingerprint density at radius 1 is 1.27 bits per heavy atom. The molecule has 1 heteroatoms. The van der Waals surface area contributed by atoms with Gasteiger partial charge in [0.05, 0.1) is 0 Å². The Bertz CT molecular complexity index is 324. The number of hydrogen-bond acceptors (Lipinski definition) is 1. The second-order valence-corrected chi connectivity index (χ2v) is 4.74. The fraction of sp³-hybridized carbons (Fsp3) is 0.429. The molecule has 2 atom stereocenters. The highest BCUT2D eigenvalue weighted by Crippen LogP contribution is 2.30. The third-order valence-electron chi connectivity index (χ3n) is 3.19. The molecule has 0 heterocycles. The van der Waals surface area contributed by atoms with Crippen LogP contribution in [0.5, 0.6) is 0 Å². The van der Waals surface area contributed by atoms with Crippen molar-refractivity contribution < 1.29 is 0 Å². The Morgan fingerprint density at radius 2 is 1.80 bits per heavy atom. The zero-order valence-electron chi connectivity index (χ0n) is 9.83. The van der Waals surface area contributed by atoms with E-state index in [9.17, 15) is 0 Å². The maximum Gasteiger partial charge on any atom is -0.00726 e. The van der Waals surface area contributed by atoms with Crippen LogP contribution in [0.1, 0.15) is 37.8 Å². The van der Waals surface area contributed by atoms with E-state index in [1.807, 2.05) is 0 Å². The molecule has 0 N–H and O–H groups in total. The molecule has 0 saturated heterocycles. The average molecular weight is 220 g/mol. The van der Waals surface area contributed by atoms with E-state index in [0.29, 0.717) is 11.8 Å². The molecule has 0 saturated carbocycles. The maximum absolute atomic E-state index is 4.33. The smallest absolute Gasteiger partial charge is 0.00726 e. The van der Waals surface area contributed by atoms with Gasteiger partial charge in [0.2, 0.25) is 0 Å². The van der Waals surface area contributed by atoms with Crippen LogP contribution < -0.4 is 0 Å². The quantitative estimate of drug-likeness (QED) is 0.713. The molecule has 1 aromatic rings. The molecule has 0 bridgehead atoms. The van der Waals surface area contributed by atoms with Gasteiger partial charge >= 0.3 is 0 Å². The molecule has 0 aliphatic carbocycles. The molecule has 0 aromatic heterocycles. The molecule has 82 valence electrons. The largest absolute Gasteiger partial charge is 0.148 e. The van der Waals surface area contributed by atoms with E-state index in [4.69, 9.17) is 0 Å². The number of allylic oxidation sites excluding steroid dienone is 1. The fourth-order valence-electron chi connectivity index (χ4n) is 1.63. The van der Waals surface area contributed by atoms with Gasteiger partial charge in [0.25, 0.3) is 0 Å². The molecular formula is C14H20S. The third-order valence-corrected chi connectivity index (χ3v) is 3.60. The molecule has 0 nitrogen and oxygen atoms in total. The summed E-state index contributed by atoms with van der Waals surface area (Å²) in [6.45, 7) is 10.5. The standard InChI is InChI=1S/C14H20S/c1-5-13-6-8-14(9-7-13)11(3)10(2)12(4)15/h6-11,15H,4-5H2,1-3H3/t10?,11-/m1/s1. The molecule has 15 heavy (non-hydrogen) atoms. The van der Waals surface area contributed by atoms with Gasteiger partial charge in [-0.15, -0.1) is 12.6 Å². The van der Waals surface area contributed by atoms with Crippen LogP contribution >= 0.6 is 12.6 Å². The van der Waals surface area contributed by atoms with Gasteiger partial charge in [-0.05, 0) is 34.3 Å². The van der Waals surface area contributed by atoms with Crippen molar-refractivity contribution in [3.05, 3.63) is 46.9 Å². The topological polar surface area (TPSA) is 0 Å². The van der Waals surface area contributed by atoms with Crippen LogP contribution in [0, 0.1) is 5.92 Å². The summed E-state index contributed by atoms with van der Waals surface area (Å²) in [6, 6.07) is 8.85. The van der Waals surface area contributed by atoms with Crippen molar-refractivity contribution >= 4 is 12.6 Å². The Kier molecular flexibility index (Phi) is 4.46. The Hall–Kier alpha value is -0.690. The van der Waals surface area contributed by atoms with E-state index in [2.05, 4.69) is 64.2 Å². The van der Waals surface area contributed by atoms with E-state index in [1.165, 1.54) is 11.1 Å². The summed E-state index contributed by atoms with van der Waals surface area (Å²) in [4.78, 5) is 0.960. The predicted octanol–water partition coefficient (Wildman–Crippen LogP) is 4.43. The normalized spacial score (nSPS) is 14.7. The van der Waals surface area contributed by atoms with Gasteiger partial charge in [-0.3, -0.25) is 0 Å². The van der Waals surface area contributed by atoms with Crippen LogP contribution in [0.25, 0.3) is 0 Å². The van der Waals surface area contributed by atoms with Crippen molar-refractivity contribution in [2.24, 2.45) is 5.92 Å². The lowest BCUT2D eigenvalue weighted by Crippen LogP contribution is -2.06. The maximum atomic E-state index is 4.33. The van der Waals surface area contributed by atoms with Crippen molar-refractivity contribution in [1.29, 1.82) is 0 Å². The van der Waals surface area contributed by atoms with Gasteiger partial charge in [0.1, 0.15) is 0 Å². The molecule has 1 aromatic carbocycles. The van der Waals surface area contributed by atoms with E-state index >= 15 is 0 Å². The van der Waals surface area contributed by atoms with Crippen molar-refractivity contribution in [3.8, 4) is 0 Å². The van der Waals surface area contributed by atoms with Crippen LogP contribution in [0.15, 0.2) is 35.7 Å². The number of thiol groups is 1. The summed E-state index contributed by atoms with van der Waals surface area (Å²) in [5, 5.41) is 0. The highest BCUT2D eigenvalue weighted by atomic mass is 32.1. The second kappa shape index (κ2) is 5.41. The van der Waals surface area contributed by atoms with E-state index < -0.39 is 0 Å². The van der Waals surface area contributed by atoms with Crippen LogP contribution in [0.3, 0.4) is 0 Å². The summed E-state index contributed by atoms with van der Waals surface area (Å²) in [7, 11) is 0. The van der Waals surface area contributed by atoms with Crippen molar-refractivity contribution in [3.63, 3.8) is 0 Å². The summed E-state index contributed by atoms with van der Waals surface area (Å²) in [5.74, 6) is 0.904. The molecule has 0 aliphatic heterocycles. The summed E-state index contributed by atoms with van der Waals surface area (Å²) < 4.78 is 0. The molecule has 0 spiro atoms. The van der Waals surface area contributed by atoms with Gasteiger partial charge in [0.15, 0.2) is 0 Å². The number of hydrogen-bond donors (Lipinski definition) is 1. The lowest BCUT2D eigenvalue weighted by Gasteiger charge is -2.20. The Morgan fingerprint density at radius 3 is 2.20 bits per heavy atom. The minimum Gasteiger partial charge on any atom is -0.148 e. The van der Waals surface area contributed by atoms with E-state index in [0.717, 1.165) is 11.3 Å². The minimum absolute atomic E-state index is 0.417. The van der Waals surface area contributed by atoms with Gasteiger partial charge < -0.3 is 0 Å². The van der Waals surface area contributed by atoms with Gasteiger partial charge in [0, 0.05) is 0 Å². The molecule has 0 aliphatic rings. The third kappa shape index (κ3) is 3.13. The van der Waals surface area contributed by atoms with Crippen LogP contribution in [-0.2, 0) is 6.42 Å². The summed E-state index contributed by atoms with van der Waals surface area (Å²) >= 11 is 4.33. The SMILES string of the molecule is C=C(S)C(C)[C@@H](C)c1ccc(CC)cc1. The highest BCUT2D eigenvalue weighted by molar-refractivity contribution is 7.84. The van der Waals surface area contributed by atoms with Gasteiger partial charge in [-0.25, -0.2) is 0 Å². The Labute approximate surface area is 98.8 Å². The van der Waals surface area contributed by atoms with Gasteiger partial charge in [-0.2, -0.15) is 0 Å². The molecule has 1 unspecified atom stereocenters.